The predicted molar refractivity (Wildman–Crippen MR) is 148 cm³/mol. The lowest BCUT2D eigenvalue weighted by molar-refractivity contribution is 0.489. The Kier molecular flexibility index (Phi) is 5.63. The molecule has 0 amide bonds. The van der Waals surface area contributed by atoms with Gasteiger partial charge in [0.1, 0.15) is 11.2 Å². The third kappa shape index (κ3) is 4.25. The van der Waals surface area contributed by atoms with Crippen molar-refractivity contribution in [3.63, 3.8) is 0 Å². The number of rotatable bonds is 7. The van der Waals surface area contributed by atoms with Crippen LogP contribution in [-0.2, 0) is 6.54 Å². The SMILES string of the molecule is C1=CC(c2nccc3[nH]c(-c4n[nH]c5ccc(-c6cncc(CNCC7CCCC7)c6)nc45)cc23)=CC1. The van der Waals surface area contributed by atoms with Gasteiger partial charge in [-0.15, -0.1) is 0 Å². The van der Waals surface area contributed by atoms with E-state index in [2.05, 4.69) is 60.8 Å². The molecule has 2 aliphatic carbocycles. The molecule has 0 radical (unpaired) electrons. The summed E-state index contributed by atoms with van der Waals surface area (Å²) in [6, 6.07) is 10.4. The second-order valence-electron chi connectivity index (χ2n) is 10.1. The van der Waals surface area contributed by atoms with Crippen LogP contribution in [-0.4, -0.2) is 36.7 Å². The summed E-state index contributed by atoms with van der Waals surface area (Å²) in [5.74, 6) is 0.822. The molecule has 5 aromatic rings. The van der Waals surface area contributed by atoms with Gasteiger partial charge in [-0.2, -0.15) is 5.10 Å². The van der Waals surface area contributed by atoms with Crippen molar-refractivity contribution in [3.8, 4) is 22.6 Å². The predicted octanol–water partition coefficient (Wildman–Crippen LogP) is 6.19. The van der Waals surface area contributed by atoms with Crippen molar-refractivity contribution in [2.45, 2.75) is 38.6 Å². The number of nitrogens with zero attached hydrogens (tertiary/aromatic N) is 4. The highest BCUT2D eigenvalue weighted by molar-refractivity contribution is 5.99. The molecule has 0 unspecified atom stereocenters. The Balaban J connectivity index is 1.19. The lowest BCUT2D eigenvalue weighted by Gasteiger charge is -2.11. The number of aromatic amines is 2. The summed E-state index contributed by atoms with van der Waals surface area (Å²) in [6.07, 6.45) is 18.6. The Morgan fingerprint density at radius 2 is 1.95 bits per heavy atom. The second-order valence-corrected chi connectivity index (χ2v) is 10.1. The Hall–Kier alpha value is -4.10. The maximum absolute atomic E-state index is 5.02. The Labute approximate surface area is 215 Å². The summed E-state index contributed by atoms with van der Waals surface area (Å²) >= 11 is 0. The number of fused-ring (bicyclic) bond motifs is 2. The molecular weight excluding hydrogens is 458 g/mol. The number of nitrogens with one attached hydrogen (secondary N) is 3. The smallest absolute Gasteiger partial charge is 0.135 e. The molecular formula is C30H29N7. The number of H-pyrrole nitrogens is 2. The van der Waals surface area contributed by atoms with E-state index in [4.69, 9.17) is 4.98 Å². The minimum atomic E-state index is 0.803. The number of hydrogen-bond donors (Lipinski definition) is 3. The van der Waals surface area contributed by atoms with E-state index in [0.717, 1.165) is 81.3 Å². The molecule has 1 fully saturated rings. The van der Waals surface area contributed by atoms with Gasteiger partial charge in [0, 0.05) is 41.6 Å². The summed E-state index contributed by atoms with van der Waals surface area (Å²) in [5, 5.41) is 12.5. The zero-order valence-corrected chi connectivity index (χ0v) is 20.7. The molecule has 0 spiro atoms. The van der Waals surface area contributed by atoms with Crippen LogP contribution in [0.2, 0.25) is 0 Å². The summed E-state index contributed by atoms with van der Waals surface area (Å²) in [7, 11) is 0. The Morgan fingerprint density at radius 3 is 2.84 bits per heavy atom. The van der Waals surface area contributed by atoms with Gasteiger partial charge in [0.25, 0.3) is 0 Å². The van der Waals surface area contributed by atoms with Crippen molar-refractivity contribution >= 4 is 27.5 Å². The minimum Gasteiger partial charge on any atom is -0.353 e. The van der Waals surface area contributed by atoms with E-state index in [1.165, 1.54) is 31.2 Å². The number of allylic oxidation sites excluding steroid dienone is 4. The van der Waals surface area contributed by atoms with Gasteiger partial charge in [0.2, 0.25) is 0 Å². The van der Waals surface area contributed by atoms with Crippen LogP contribution >= 0.6 is 0 Å². The zero-order chi connectivity index (χ0) is 24.6. The summed E-state index contributed by atoms with van der Waals surface area (Å²) in [5.41, 5.74) is 9.73. The fourth-order valence-electron chi connectivity index (χ4n) is 5.65. The van der Waals surface area contributed by atoms with Gasteiger partial charge >= 0.3 is 0 Å². The van der Waals surface area contributed by atoms with E-state index in [0.29, 0.717) is 0 Å². The van der Waals surface area contributed by atoms with Crippen molar-refractivity contribution in [2.75, 3.05) is 6.54 Å². The molecule has 0 atom stereocenters. The lowest BCUT2D eigenvalue weighted by atomic mass is 10.1. The van der Waals surface area contributed by atoms with Crippen LogP contribution in [0.1, 0.15) is 43.4 Å². The molecule has 7 rings (SSSR count). The quantitative estimate of drug-likeness (QED) is 0.255. The molecule has 5 aromatic heterocycles. The molecule has 5 heterocycles. The van der Waals surface area contributed by atoms with E-state index in [1.807, 2.05) is 36.8 Å². The molecule has 184 valence electrons. The number of hydrogen-bond acceptors (Lipinski definition) is 5. The maximum Gasteiger partial charge on any atom is 0.135 e. The van der Waals surface area contributed by atoms with E-state index < -0.39 is 0 Å². The van der Waals surface area contributed by atoms with Crippen molar-refractivity contribution < 1.29 is 0 Å². The molecule has 1 saturated carbocycles. The minimum absolute atomic E-state index is 0.803. The largest absolute Gasteiger partial charge is 0.353 e. The van der Waals surface area contributed by atoms with Crippen LogP contribution in [0.4, 0.5) is 0 Å². The fourth-order valence-corrected chi connectivity index (χ4v) is 5.65. The molecule has 3 N–H and O–H groups in total. The number of pyridine rings is 3. The molecule has 0 bridgehead atoms. The third-order valence-corrected chi connectivity index (χ3v) is 7.58. The average Bonchev–Trinajstić information content (AvgIpc) is 3.74. The van der Waals surface area contributed by atoms with Crippen LogP contribution in [0, 0.1) is 5.92 Å². The van der Waals surface area contributed by atoms with Crippen molar-refractivity contribution in [3.05, 3.63) is 78.4 Å². The molecule has 0 aromatic carbocycles. The lowest BCUT2D eigenvalue weighted by Crippen LogP contribution is -2.20. The fraction of sp³-hybridized carbons (Fsp3) is 0.267. The first kappa shape index (κ1) is 22.1. The Bertz CT molecular complexity index is 1650. The van der Waals surface area contributed by atoms with Crippen molar-refractivity contribution in [1.82, 2.24) is 35.5 Å². The van der Waals surface area contributed by atoms with Gasteiger partial charge in [-0.3, -0.25) is 15.1 Å². The maximum atomic E-state index is 5.02. The van der Waals surface area contributed by atoms with Gasteiger partial charge in [-0.1, -0.05) is 31.1 Å². The highest BCUT2D eigenvalue weighted by atomic mass is 15.1. The van der Waals surface area contributed by atoms with Gasteiger partial charge in [-0.05, 0) is 73.2 Å². The monoisotopic (exact) mass is 487 g/mol. The molecule has 7 nitrogen and oxygen atoms in total. The first-order chi connectivity index (χ1) is 18.3. The van der Waals surface area contributed by atoms with Crippen LogP contribution in [0.25, 0.3) is 50.2 Å². The Morgan fingerprint density at radius 1 is 1.00 bits per heavy atom. The van der Waals surface area contributed by atoms with Crippen molar-refractivity contribution in [2.24, 2.45) is 5.92 Å². The van der Waals surface area contributed by atoms with Crippen molar-refractivity contribution in [1.29, 1.82) is 0 Å². The van der Waals surface area contributed by atoms with Gasteiger partial charge in [-0.25, -0.2) is 4.98 Å². The molecule has 7 heteroatoms. The first-order valence-corrected chi connectivity index (χ1v) is 13.2. The second kappa shape index (κ2) is 9.41. The molecule has 37 heavy (non-hydrogen) atoms. The highest BCUT2D eigenvalue weighted by Gasteiger charge is 2.17. The first-order valence-electron chi connectivity index (χ1n) is 13.2. The summed E-state index contributed by atoms with van der Waals surface area (Å²) in [6.45, 7) is 1.91. The molecule has 2 aliphatic rings. The highest BCUT2D eigenvalue weighted by Crippen LogP contribution is 2.33. The summed E-state index contributed by atoms with van der Waals surface area (Å²) < 4.78 is 0. The van der Waals surface area contributed by atoms with Crippen LogP contribution in [0.15, 0.2) is 67.2 Å². The zero-order valence-electron chi connectivity index (χ0n) is 20.7. The third-order valence-electron chi connectivity index (χ3n) is 7.58. The van der Waals surface area contributed by atoms with E-state index >= 15 is 0 Å². The summed E-state index contributed by atoms with van der Waals surface area (Å²) in [4.78, 5) is 17.7. The van der Waals surface area contributed by atoms with Gasteiger partial charge in [0.05, 0.1) is 22.6 Å². The van der Waals surface area contributed by atoms with Gasteiger partial charge in [0.15, 0.2) is 0 Å². The van der Waals surface area contributed by atoms with E-state index in [1.54, 1.807) is 0 Å². The van der Waals surface area contributed by atoms with E-state index in [9.17, 15) is 0 Å². The van der Waals surface area contributed by atoms with Gasteiger partial charge < -0.3 is 10.3 Å². The topological polar surface area (TPSA) is 95.2 Å². The van der Waals surface area contributed by atoms with Crippen LogP contribution in [0.5, 0.6) is 0 Å². The molecule has 0 aliphatic heterocycles. The molecule has 0 saturated heterocycles. The van der Waals surface area contributed by atoms with E-state index in [-0.39, 0.29) is 0 Å². The normalized spacial score (nSPS) is 15.8. The average molecular weight is 488 g/mol. The number of aromatic nitrogens is 6. The van der Waals surface area contributed by atoms with Crippen LogP contribution in [0.3, 0.4) is 0 Å². The van der Waals surface area contributed by atoms with Crippen LogP contribution < -0.4 is 5.32 Å². The standard InChI is InChI=1S/C30H29N7/c1-2-6-19(5-1)15-31-16-20-13-22(18-32-17-20)24-9-10-26-29(35-24)30(37-36-26)27-14-23-25(34-27)11-12-33-28(23)21-7-3-4-8-21/h3,7-14,17-19,31,34H,1-2,4-6,15-16H2,(H,36,37).